The topological polar surface area (TPSA) is 51.1 Å². The van der Waals surface area contributed by atoms with E-state index in [9.17, 15) is 4.91 Å². The smallest absolute Gasteiger partial charge is 0.250 e. The highest BCUT2D eigenvalue weighted by atomic mass is 28.4. The molecule has 0 aliphatic carbocycles. The lowest BCUT2D eigenvalue weighted by Gasteiger charge is -2.38. The number of rotatable bonds is 6. The van der Waals surface area contributed by atoms with Crippen LogP contribution in [0.3, 0.4) is 0 Å². The minimum absolute atomic E-state index is 0.0493. The molecular formula is C19H36N2O3Si2. The van der Waals surface area contributed by atoms with Gasteiger partial charge in [-0.15, -0.1) is 4.91 Å². The maximum Gasteiger partial charge on any atom is 0.250 e. The van der Waals surface area contributed by atoms with E-state index < -0.39 is 16.6 Å². The van der Waals surface area contributed by atoms with Gasteiger partial charge < -0.3 is 8.85 Å². The van der Waals surface area contributed by atoms with Crippen molar-refractivity contribution < 1.29 is 8.85 Å². The monoisotopic (exact) mass is 396 g/mol. The summed E-state index contributed by atoms with van der Waals surface area (Å²) in [5.74, 6) is 1.45. The van der Waals surface area contributed by atoms with Gasteiger partial charge in [-0.3, -0.25) is 0 Å². The molecular weight excluding hydrogens is 360 g/mol. The predicted molar refractivity (Wildman–Crippen MR) is 116 cm³/mol. The third kappa shape index (κ3) is 5.10. The van der Waals surface area contributed by atoms with Crippen molar-refractivity contribution in [1.82, 2.24) is 0 Å². The van der Waals surface area contributed by atoms with Crippen LogP contribution < -0.4 is 13.9 Å². The van der Waals surface area contributed by atoms with Gasteiger partial charge in [0.15, 0.2) is 0 Å². The van der Waals surface area contributed by atoms with Crippen molar-refractivity contribution in [2.45, 2.75) is 77.8 Å². The maximum absolute atomic E-state index is 11.1. The van der Waals surface area contributed by atoms with E-state index in [0.717, 1.165) is 5.75 Å². The summed E-state index contributed by atoms with van der Waals surface area (Å²) in [5.41, 5.74) is 0.660. The van der Waals surface area contributed by atoms with Crippen LogP contribution in [0.4, 0.5) is 5.69 Å². The zero-order valence-corrected chi connectivity index (χ0v) is 20.4. The van der Waals surface area contributed by atoms with Crippen molar-refractivity contribution in [3.8, 4) is 11.5 Å². The Labute approximate surface area is 161 Å². The molecule has 0 N–H and O–H groups in total. The first kappa shape index (κ1) is 22.7. The van der Waals surface area contributed by atoms with Crippen molar-refractivity contribution in [3.05, 3.63) is 23.1 Å². The summed E-state index contributed by atoms with van der Waals surface area (Å²) >= 11 is 0. The van der Waals surface area contributed by atoms with Crippen LogP contribution in [0.1, 0.15) is 41.5 Å². The van der Waals surface area contributed by atoms with E-state index in [0.29, 0.717) is 11.4 Å². The minimum atomic E-state index is -2.07. The van der Waals surface area contributed by atoms with Gasteiger partial charge >= 0.3 is 0 Å². The number of hydrogen-bond acceptors (Lipinski definition) is 4. The molecule has 1 aromatic carbocycles. The van der Waals surface area contributed by atoms with Crippen LogP contribution in [-0.2, 0) is 0 Å². The lowest BCUT2D eigenvalue weighted by Crippen LogP contribution is -2.44. The van der Waals surface area contributed by atoms with Gasteiger partial charge in [0.05, 0.1) is 5.29 Å². The molecule has 0 aliphatic rings. The minimum Gasteiger partial charge on any atom is -0.543 e. The van der Waals surface area contributed by atoms with E-state index in [1.54, 1.807) is 7.05 Å². The van der Waals surface area contributed by atoms with Gasteiger partial charge in [-0.1, -0.05) is 41.5 Å². The second-order valence-electron chi connectivity index (χ2n) is 9.96. The molecule has 0 atom stereocenters. The summed E-state index contributed by atoms with van der Waals surface area (Å²) in [4.78, 5) is 11.1. The van der Waals surface area contributed by atoms with Gasteiger partial charge in [0.1, 0.15) is 17.2 Å². The van der Waals surface area contributed by atoms with Crippen LogP contribution in [0.2, 0.25) is 36.3 Å². The first-order valence-corrected chi connectivity index (χ1v) is 14.9. The van der Waals surface area contributed by atoms with Gasteiger partial charge in [0, 0.05) is 13.1 Å². The fraction of sp³-hybridized carbons (Fsp3) is 0.684. The van der Waals surface area contributed by atoms with E-state index in [4.69, 9.17) is 8.85 Å². The Bertz CT molecular complexity index is 647. The van der Waals surface area contributed by atoms with Crippen LogP contribution in [0.25, 0.3) is 0 Å². The van der Waals surface area contributed by atoms with Crippen LogP contribution >= 0.6 is 0 Å². The Morgan fingerprint density at radius 3 is 1.77 bits per heavy atom. The highest BCUT2D eigenvalue weighted by Crippen LogP contribution is 2.43. The molecule has 0 aliphatic heterocycles. The van der Waals surface area contributed by atoms with Crippen molar-refractivity contribution >= 4 is 22.3 Å². The van der Waals surface area contributed by atoms with Gasteiger partial charge in [-0.25, -0.2) is 5.01 Å². The molecule has 0 radical (unpaired) electrons. The summed E-state index contributed by atoms with van der Waals surface area (Å²) in [6, 6.07) is 5.67. The summed E-state index contributed by atoms with van der Waals surface area (Å²) in [6.45, 7) is 22.0. The summed E-state index contributed by atoms with van der Waals surface area (Å²) in [7, 11) is -2.39. The fourth-order valence-electron chi connectivity index (χ4n) is 1.83. The molecule has 0 fully saturated rings. The number of anilines is 1. The van der Waals surface area contributed by atoms with E-state index >= 15 is 0 Å². The van der Waals surface area contributed by atoms with Gasteiger partial charge in [0.25, 0.3) is 8.32 Å². The molecule has 0 aromatic heterocycles. The molecule has 1 rings (SSSR count). The Hall–Kier alpha value is -1.35. The zero-order valence-electron chi connectivity index (χ0n) is 18.4. The SMILES string of the molecule is CN(N=O)c1ccc(O[Si](C)(C)C(C)(C)C)cc1O[Si](C)(C)C(C)(C)C. The van der Waals surface area contributed by atoms with Gasteiger partial charge in [-0.2, -0.15) is 0 Å². The van der Waals surface area contributed by atoms with Crippen molar-refractivity contribution in [2.24, 2.45) is 5.29 Å². The van der Waals surface area contributed by atoms with Gasteiger partial charge in [0.2, 0.25) is 8.32 Å². The second kappa shape index (κ2) is 7.34. The summed E-state index contributed by atoms with van der Waals surface area (Å²) < 4.78 is 12.9. The molecule has 0 spiro atoms. The molecule has 0 unspecified atom stereocenters. The molecule has 0 saturated carbocycles. The molecule has 7 heteroatoms. The van der Waals surface area contributed by atoms with E-state index in [1.165, 1.54) is 5.01 Å². The Kier molecular flexibility index (Phi) is 6.41. The molecule has 0 amide bonds. The zero-order chi connectivity index (χ0) is 20.6. The molecule has 0 heterocycles. The first-order chi connectivity index (χ1) is 11.5. The summed E-state index contributed by atoms with van der Waals surface area (Å²) in [6.07, 6.45) is 0. The van der Waals surface area contributed by atoms with Crippen molar-refractivity contribution in [2.75, 3.05) is 12.1 Å². The van der Waals surface area contributed by atoms with Crippen LogP contribution in [0.15, 0.2) is 23.5 Å². The quantitative estimate of drug-likeness (QED) is 0.310. The Morgan fingerprint density at radius 2 is 1.35 bits per heavy atom. The molecule has 5 nitrogen and oxygen atoms in total. The van der Waals surface area contributed by atoms with E-state index in [2.05, 4.69) is 73.0 Å². The van der Waals surface area contributed by atoms with E-state index in [-0.39, 0.29) is 10.1 Å². The Balaban J connectivity index is 3.35. The highest BCUT2D eigenvalue weighted by Gasteiger charge is 2.41. The van der Waals surface area contributed by atoms with E-state index in [1.807, 2.05) is 18.2 Å². The molecule has 148 valence electrons. The second-order valence-corrected chi connectivity index (χ2v) is 19.4. The van der Waals surface area contributed by atoms with Crippen LogP contribution in [0.5, 0.6) is 11.5 Å². The first-order valence-electron chi connectivity index (χ1n) is 9.11. The third-order valence-electron chi connectivity index (χ3n) is 5.75. The lowest BCUT2D eigenvalue weighted by molar-refractivity contribution is 0.474. The van der Waals surface area contributed by atoms with Crippen molar-refractivity contribution in [1.29, 1.82) is 0 Å². The average molecular weight is 397 g/mol. The number of nitroso groups, excluding NO2 is 1. The average Bonchev–Trinajstić information content (AvgIpc) is 2.43. The lowest BCUT2D eigenvalue weighted by atomic mass is 10.2. The number of benzene rings is 1. The standard InChI is InChI=1S/C19H36N2O3Si2/c1-18(2,3)25(8,9)23-15-12-13-16(21(7)20-22)17(14-15)24-26(10,11)19(4,5)6/h12-14H,1-11H3. The molecule has 0 saturated heterocycles. The number of nitrogens with zero attached hydrogens (tertiary/aromatic N) is 2. The van der Waals surface area contributed by atoms with Crippen LogP contribution in [0, 0.1) is 4.91 Å². The molecule has 26 heavy (non-hydrogen) atoms. The molecule has 0 bridgehead atoms. The highest BCUT2D eigenvalue weighted by molar-refractivity contribution is 6.75. The molecule has 1 aromatic rings. The summed E-state index contributed by atoms with van der Waals surface area (Å²) in [5, 5.41) is 4.50. The Morgan fingerprint density at radius 1 is 0.885 bits per heavy atom. The predicted octanol–water partition coefficient (Wildman–Crippen LogP) is 6.57. The normalized spacial score (nSPS) is 13.3. The largest absolute Gasteiger partial charge is 0.543 e. The van der Waals surface area contributed by atoms with Gasteiger partial charge in [-0.05, 0) is 48.4 Å². The third-order valence-corrected chi connectivity index (χ3v) is 14.5. The van der Waals surface area contributed by atoms with Crippen LogP contribution in [-0.4, -0.2) is 23.7 Å². The van der Waals surface area contributed by atoms with Crippen molar-refractivity contribution in [3.63, 3.8) is 0 Å². The maximum atomic E-state index is 11.1. The fourth-order valence-corrected chi connectivity index (χ4v) is 3.87. The number of hydrogen-bond donors (Lipinski definition) is 0.